The Balaban J connectivity index is 0. The van der Waals surface area contributed by atoms with Gasteiger partial charge in [0, 0.05) is 12.2 Å². The van der Waals surface area contributed by atoms with Crippen molar-refractivity contribution in [1.82, 2.24) is 4.98 Å². The van der Waals surface area contributed by atoms with Crippen molar-refractivity contribution in [3.8, 4) is 0 Å². The third kappa shape index (κ3) is 3.59. The SMILES string of the molecule is Cc1ccc(Cl)c(CN)n1.Cl.Cl. The number of rotatable bonds is 1. The number of halogens is 3. The molecule has 1 rings (SSSR count). The van der Waals surface area contributed by atoms with Gasteiger partial charge in [0.05, 0.1) is 10.7 Å². The molecule has 0 aliphatic rings. The van der Waals surface area contributed by atoms with Gasteiger partial charge in [-0.2, -0.15) is 0 Å². The second-order valence-corrected chi connectivity index (χ2v) is 2.49. The van der Waals surface area contributed by atoms with E-state index in [2.05, 4.69) is 4.98 Å². The van der Waals surface area contributed by atoms with Gasteiger partial charge in [0.15, 0.2) is 0 Å². The average Bonchev–Trinajstić information content (AvgIpc) is 1.94. The molecule has 0 aliphatic heterocycles. The van der Waals surface area contributed by atoms with Crippen molar-refractivity contribution in [2.75, 3.05) is 0 Å². The normalized spacial score (nSPS) is 8.25. The third-order valence-electron chi connectivity index (χ3n) is 1.25. The van der Waals surface area contributed by atoms with Crippen LogP contribution in [0.5, 0.6) is 0 Å². The summed E-state index contributed by atoms with van der Waals surface area (Å²) in [5, 5.41) is 0.646. The second kappa shape index (κ2) is 6.49. The fourth-order valence-electron chi connectivity index (χ4n) is 0.737. The van der Waals surface area contributed by atoms with Gasteiger partial charge >= 0.3 is 0 Å². The lowest BCUT2D eigenvalue weighted by Crippen LogP contribution is -2.01. The van der Waals surface area contributed by atoms with Crippen molar-refractivity contribution in [1.29, 1.82) is 0 Å². The van der Waals surface area contributed by atoms with Gasteiger partial charge in [0.1, 0.15) is 0 Å². The molecule has 1 aromatic heterocycles. The predicted molar refractivity (Wildman–Crippen MR) is 56.4 cm³/mol. The molecule has 0 aromatic carbocycles. The molecular weight excluding hydrogens is 218 g/mol. The number of hydrogen-bond acceptors (Lipinski definition) is 2. The summed E-state index contributed by atoms with van der Waals surface area (Å²) in [6.45, 7) is 2.32. The first kappa shape index (κ1) is 14.5. The molecule has 0 saturated carbocycles. The van der Waals surface area contributed by atoms with E-state index in [0.29, 0.717) is 11.6 Å². The number of aromatic nitrogens is 1. The fourth-order valence-corrected chi connectivity index (χ4v) is 0.919. The first-order valence-corrected chi connectivity index (χ1v) is 3.44. The molecule has 5 heteroatoms. The number of nitrogens with zero attached hydrogens (tertiary/aromatic N) is 1. The van der Waals surface area contributed by atoms with Gasteiger partial charge in [-0.25, -0.2) is 0 Å². The van der Waals surface area contributed by atoms with E-state index in [1.807, 2.05) is 19.1 Å². The highest BCUT2D eigenvalue weighted by Crippen LogP contribution is 2.12. The van der Waals surface area contributed by atoms with E-state index in [1.54, 1.807) is 0 Å². The van der Waals surface area contributed by atoms with Gasteiger partial charge < -0.3 is 5.73 Å². The molecule has 0 aliphatic carbocycles. The Morgan fingerprint density at radius 3 is 2.42 bits per heavy atom. The van der Waals surface area contributed by atoms with Crippen LogP contribution in [-0.4, -0.2) is 4.98 Å². The van der Waals surface area contributed by atoms with Gasteiger partial charge in [-0.15, -0.1) is 24.8 Å². The molecule has 0 saturated heterocycles. The molecule has 1 heterocycles. The monoisotopic (exact) mass is 228 g/mol. The van der Waals surface area contributed by atoms with Crippen LogP contribution in [0.4, 0.5) is 0 Å². The lowest BCUT2D eigenvalue weighted by atomic mass is 10.3. The quantitative estimate of drug-likeness (QED) is 0.803. The van der Waals surface area contributed by atoms with Crippen LogP contribution < -0.4 is 5.73 Å². The minimum atomic E-state index is 0. The van der Waals surface area contributed by atoms with Crippen molar-refractivity contribution < 1.29 is 0 Å². The largest absolute Gasteiger partial charge is 0.325 e. The summed E-state index contributed by atoms with van der Waals surface area (Å²) >= 11 is 5.75. The van der Waals surface area contributed by atoms with Gasteiger partial charge in [-0.3, -0.25) is 4.98 Å². The lowest BCUT2D eigenvalue weighted by Gasteiger charge is -1.99. The van der Waals surface area contributed by atoms with E-state index < -0.39 is 0 Å². The Morgan fingerprint density at radius 1 is 1.42 bits per heavy atom. The summed E-state index contributed by atoms with van der Waals surface area (Å²) in [5.74, 6) is 0. The first-order chi connectivity index (χ1) is 4.74. The van der Waals surface area contributed by atoms with Gasteiger partial charge in [0.25, 0.3) is 0 Å². The Kier molecular flexibility index (Phi) is 7.84. The van der Waals surface area contributed by atoms with Gasteiger partial charge in [0.2, 0.25) is 0 Å². The van der Waals surface area contributed by atoms with E-state index in [9.17, 15) is 0 Å². The van der Waals surface area contributed by atoms with Crippen LogP contribution in [0.3, 0.4) is 0 Å². The summed E-state index contributed by atoms with van der Waals surface area (Å²) in [6, 6.07) is 3.67. The van der Waals surface area contributed by atoms with E-state index in [1.165, 1.54) is 0 Å². The van der Waals surface area contributed by atoms with Crippen molar-refractivity contribution >= 4 is 36.4 Å². The second-order valence-electron chi connectivity index (χ2n) is 2.09. The molecule has 0 radical (unpaired) electrons. The zero-order chi connectivity index (χ0) is 7.56. The molecule has 70 valence electrons. The van der Waals surface area contributed by atoms with Gasteiger partial charge in [-0.05, 0) is 19.1 Å². The first-order valence-electron chi connectivity index (χ1n) is 3.06. The average molecular weight is 230 g/mol. The van der Waals surface area contributed by atoms with Crippen molar-refractivity contribution in [2.45, 2.75) is 13.5 Å². The fraction of sp³-hybridized carbons (Fsp3) is 0.286. The summed E-state index contributed by atoms with van der Waals surface area (Å²) in [5.41, 5.74) is 7.09. The molecule has 2 nitrogen and oxygen atoms in total. The smallest absolute Gasteiger partial charge is 0.0728 e. The molecule has 0 unspecified atom stereocenters. The van der Waals surface area contributed by atoms with Crippen molar-refractivity contribution in [3.63, 3.8) is 0 Å². The molecule has 0 spiro atoms. The highest BCUT2D eigenvalue weighted by Gasteiger charge is 1.97. The zero-order valence-electron chi connectivity index (χ0n) is 6.58. The van der Waals surface area contributed by atoms with Crippen LogP contribution in [0.25, 0.3) is 0 Å². The molecule has 0 bridgehead atoms. The van der Waals surface area contributed by atoms with Crippen LogP contribution in [0.15, 0.2) is 12.1 Å². The highest BCUT2D eigenvalue weighted by molar-refractivity contribution is 6.31. The topological polar surface area (TPSA) is 38.9 Å². The van der Waals surface area contributed by atoms with Gasteiger partial charge in [-0.1, -0.05) is 11.6 Å². The van der Waals surface area contributed by atoms with Crippen LogP contribution in [-0.2, 0) is 6.54 Å². The number of hydrogen-bond donors (Lipinski definition) is 1. The molecule has 0 amide bonds. The Morgan fingerprint density at radius 2 is 2.00 bits per heavy atom. The predicted octanol–water partition coefficient (Wildman–Crippen LogP) is 2.35. The zero-order valence-corrected chi connectivity index (χ0v) is 8.97. The Labute approximate surface area is 89.3 Å². The van der Waals surface area contributed by atoms with Crippen LogP contribution in [0.1, 0.15) is 11.4 Å². The Bertz CT molecular complexity index is 240. The van der Waals surface area contributed by atoms with Crippen LogP contribution in [0.2, 0.25) is 5.02 Å². The maximum absolute atomic E-state index is 5.75. The van der Waals surface area contributed by atoms with E-state index in [0.717, 1.165) is 11.4 Å². The third-order valence-corrected chi connectivity index (χ3v) is 1.60. The standard InChI is InChI=1S/C7H9ClN2.2ClH/c1-5-2-3-6(8)7(4-9)10-5;;/h2-3H,4,9H2,1H3;2*1H. The van der Waals surface area contributed by atoms with Crippen LogP contribution >= 0.6 is 36.4 Å². The molecule has 1 aromatic rings. The summed E-state index contributed by atoms with van der Waals surface area (Å²) in [7, 11) is 0. The maximum atomic E-state index is 5.75. The number of pyridine rings is 1. The molecule has 0 fully saturated rings. The summed E-state index contributed by atoms with van der Waals surface area (Å²) < 4.78 is 0. The van der Waals surface area contributed by atoms with E-state index in [4.69, 9.17) is 17.3 Å². The lowest BCUT2D eigenvalue weighted by molar-refractivity contribution is 0.970. The minimum Gasteiger partial charge on any atom is -0.325 e. The molecule has 12 heavy (non-hydrogen) atoms. The summed E-state index contributed by atoms with van der Waals surface area (Å²) in [6.07, 6.45) is 0. The van der Waals surface area contributed by atoms with Crippen LogP contribution in [0, 0.1) is 6.92 Å². The number of aryl methyl sites for hydroxylation is 1. The molecule has 0 atom stereocenters. The molecular formula is C7H11Cl3N2. The highest BCUT2D eigenvalue weighted by atomic mass is 35.5. The van der Waals surface area contributed by atoms with E-state index in [-0.39, 0.29) is 24.8 Å². The Hall–Kier alpha value is -0.0200. The maximum Gasteiger partial charge on any atom is 0.0728 e. The summed E-state index contributed by atoms with van der Waals surface area (Å²) in [4.78, 5) is 4.13. The van der Waals surface area contributed by atoms with E-state index >= 15 is 0 Å². The van der Waals surface area contributed by atoms with Crippen molar-refractivity contribution in [3.05, 3.63) is 28.5 Å². The van der Waals surface area contributed by atoms with Crippen molar-refractivity contribution in [2.24, 2.45) is 5.73 Å². The minimum absolute atomic E-state index is 0. The molecule has 2 N–H and O–H groups in total. The number of nitrogens with two attached hydrogens (primary N) is 1.